The van der Waals surface area contributed by atoms with Crippen LogP contribution in [-0.2, 0) is 17.8 Å². The van der Waals surface area contributed by atoms with E-state index >= 15 is 0 Å². The number of rotatable bonds is 8. The number of ether oxygens (including phenoxy) is 1. The van der Waals surface area contributed by atoms with Gasteiger partial charge in [0.2, 0.25) is 0 Å². The SMILES string of the molecule is COC(=O)c1ccc2c(c1)nc(-c1cccc3nc(NCc4ccco4)sc13)n2CCC1=CCCCC1. The van der Waals surface area contributed by atoms with Crippen LogP contribution in [0.5, 0.6) is 0 Å². The van der Waals surface area contributed by atoms with Crippen LogP contribution in [0.25, 0.3) is 32.6 Å². The summed E-state index contributed by atoms with van der Waals surface area (Å²) in [5.41, 5.74) is 5.78. The Morgan fingerprint density at radius 2 is 2.08 bits per heavy atom. The van der Waals surface area contributed by atoms with E-state index in [1.807, 2.05) is 42.5 Å². The molecule has 0 unspecified atom stereocenters. The zero-order valence-corrected chi connectivity index (χ0v) is 21.5. The van der Waals surface area contributed by atoms with Crippen LogP contribution in [0.15, 0.2) is 70.9 Å². The van der Waals surface area contributed by atoms with Crippen molar-refractivity contribution in [3.63, 3.8) is 0 Å². The summed E-state index contributed by atoms with van der Waals surface area (Å²) in [5, 5.41) is 4.21. The molecule has 0 atom stereocenters. The Kier molecular flexibility index (Phi) is 6.49. The minimum absolute atomic E-state index is 0.359. The number of aromatic nitrogens is 3. The third-order valence-electron chi connectivity index (χ3n) is 6.86. The molecule has 37 heavy (non-hydrogen) atoms. The van der Waals surface area contributed by atoms with E-state index < -0.39 is 0 Å². The van der Waals surface area contributed by atoms with Crippen molar-refractivity contribution in [2.24, 2.45) is 0 Å². The number of anilines is 1. The fourth-order valence-electron chi connectivity index (χ4n) is 4.97. The van der Waals surface area contributed by atoms with Crippen molar-refractivity contribution in [2.45, 2.75) is 45.2 Å². The maximum Gasteiger partial charge on any atom is 0.337 e. The van der Waals surface area contributed by atoms with Gasteiger partial charge in [0, 0.05) is 12.1 Å². The number of allylic oxidation sites excluding steroid dienone is 2. The first-order valence-corrected chi connectivity index (χ1v) is 13.4. The smallest absolute Gasteiger partial charge is 0.337 e. The largest absolute Gasteiger partial charge is 0.467 e. The fraction of sp³-hybridized carbons (Fsp3) is 0.276. The maximum absolute atomic E-state index is 12.2. The van der Waals surface area contributed by atoms with Gasteiger partial charge in [-0.05, 0) is 74.6 Å². The van der Waals surface area contributed by atoms with Gasteiger partial charge in [0.05, 0.1) is 46.7 Å². The second-order valence-corrected chi connectivity index (χ2v) is 10.2. The molecule has 7 nitrogen and oxygen atoms in total. The Labute approximate surface area is 218 Å². The lowest BCUT2D eigenvalue weighted by atomic mass is 9.97. The third-order valence-corrected chi connectivity index (χ3v) is 7.92. The molecular weight excluding hydrogens is 484 g/mol. The van der Waals surface area contributed by atoms with Crippen LogP contribution in [0.3, 0.4) is 0 Å². The van der Waals surface area contributed by atoms with Gasteiger partial charge in [-0.15, -0.1) is 0 Å². The third kappa shape index (κ3) is 4.76. The van der Waals surface area contributed by atoms with E-state index in [2.05, 4.69) is 22.0 Å². The molecule has 1 aliphatic rings. The molecule has 0 aliphatic heterocycles. The summed E-state index contributed by atoms with van der Waals surface area (Å²) in [4.78, 5) is 22.0. The number of imidazole rings is 1. The van der Waals surface area contributed by atoms with Gasteiger partial charge in [-0.3, -0.25) is 0 Å². The summed E-state index contributed by atoms with van der Waals surface area (Å²) in [7, 11) is 1.40. The van der Waals surface area contributed by atoms with Crippen LogP contribution < -0.4 is 5.32 Å². The number of nitrogens with zero attached hydrogens (tertiary/aromatic N) is 3. The van der Waals surface area contributed by atoms with Crippen LogP contribution >= 0.6 is 11.3 Å². The van der Waals surface area contributed by atoms with Crippen LogP contribution in [0.4, 0.5) is 5.13 Å². The molecule has 188 valence electrons. The first kappa shape index (κ1) is 23.5. The van der Waals surface area contributed by atoms with Crippen LogP contribution in [0, 0.1) is 0 Å². The van der Waals surface area contributed by atoms with Crippen molar-refractivity contribution in [3.8, 4) is 11.4 Å². The molecule has 0 spiro atoms. The molecule has 0 saturated carbocycles. The number of aryl methyl sites for hydroxylation is 1. The predicted octanol–water partition coefficient (Wildman–Crippen LogP) is 7.20. The number of furan rings is 1. The van der Waals surface area contributed by atoms with E-state index in [0.29, 0.717) is 12.1 Å². The Morgan fingerprint density at radius 1 is 1.14 bits per heavy atom. The van der Waals surface area contributed by atoms with Gasteiger partial charge in [0.15, 0.2) is 5.13 Å². The molecule has 0 fully saturated rings. The van der Waals surface area contributed by atoms with Gasteiger partial charge in [0.1, 0.15) is 11.6 Å². The molecule has 8 heteroatoms. The average molecular weight is 513 g/mol. The van der Waals surface area contributed by atoms with Crippen molar-refractivity contribution >= 4 is 43.7 Å². The summed E-state index contributed by atoms with van der Waals surface area (Å²) in [6.07, 6.45) is 9.95. The van der Waals surface area contributed by atoms with E-state index in [1.165, 1.54) is 38.4 Å². The standard InChI is InChI=1S/C29H28N4O3S/c1-35-28(34)20-12-13-25-24(17-20)31-27(33(25)15-14-19-7-3-2-4-8-19)22-10-5-11-23-26(22)37-29(32-23)30-18-21-9-6-16-36-21/h5-7,9-13,16-17H,2-4,8,14-15,18H2,1H3,(H,30,32). The molecule has 2 aromatic carbocycles. The number of fused-ring (bicyclic) bond motifs is 2. The van der Waals surface area contributed by atoms with Crippen molar-refractivity contribution in [2.75, 3.05) is 12.4 Å². The lowest BCUT2D eigenvalue weighted by Gasteiger charge is -2.15. The van der Waals surface area contributed by atoms with E-state index in [1.54, 1.807) is 17.6 Å². The van der Waals surface area contributed by atoms with Gasteiger partial charge < -0.3 is 19.0 Å². The minimum atomic E-state index is -0.359. The highest BCUT2D eigenvalue weighted by molar-refractivity contribution is 7.22. The average Bonchev–Trinajstić information content (AvgIpc) is 3.68. The van der Waals surface area contributed by atoms with E-state index in [4.69, 9.17) is 19.1 Å². The van der Waals surface area contributed by atoms with E-state index in [9.17, 15) is 4.79 Å². The molecule has 0 bridgehead atoms. The number of hydrogen-bond donors (Lipinski definition) is 1. The van der Waals surface area contributed by atoms with Gasteiger partial charge in [-0.2, -0.15) is 0 Å². The quantitative estimate of drug-likeness (QED) is 0.175. The lowest BCUT2D eigenvalue weighted by molar-refractivity contribution is 0.0601. The molecule has 3 aromatic heterocycles. The van der Waals surface area contributed by atoms with Gasteiger partial charge in [-0.25, -0.2) is 14.8 Å². The van der Waals surface area contributed by atoms with Gasteiger partial charge in [0.25, 0.3) is 0 Å². The molecule has 1 aliphatic carbocycles. The molecular formula is C29H28N4O3S. The van der Waals surface area contributed by atoms with Crippen LogP contribution in [0.2, 0.25) is 0 Å². The molecule has 5 aromatic rings. The lowest BCUT2D eigenvalue weighted by Crippen LogP contribution is -2.04. The van der Waals surface area contributed by atoms with Crippen LogP contribution in [0.1, 0.15) is 48.2 Å². The van der Waals surface area contributed by atoms with E-state index in [0.717, 1.165) is 56.5 Å². The van der Waals surface area contributed by atoms with E-state index in [-0.39, 0.29) is 5.97 Å². The molecule has 0 saturated heterocycles. The first-order valence-electron chi connectivity index (χ1n) is 12.6. The number of hydrogen-bond acceptors (Lipinski definition) is 7. The van der Waals surface area contributed by atoms with Crippen molar-refractivity contribution in [1.82, 2.24) is 14.5 Å². The summed E-state index contributed by atoms with van der Waals surface area (Å²) < 4.78 is 13.8. The topological polar surface area (TPSA) is 82.2 Å². The Balaban J connectivity index is 1.41. The number of benzene rings is 2. The second-order valence-electron chi connectivity index (χ2n) is 9.25. The van der Waals surface area contributed by atoms with Crippen molar-refractivity contribution < 1.29 is 13.9 Å². The Hall–Kier alpha value is -3.91. The van der Waals surface area contributed by atoms with Gasteiger partial charge >= 0.3 is 5.97 Å². The first-order chi connectivity index (χ1) is 18.2. The Bertz CT molecular complexity index is 1600. The summed E-state index contributed by atoms with van der Waals surface area (Å²) in [6, 6.07) is 15.6. The molecule has 6 rings (SSSR count). The van der Waals surface area contributed by atoms with Gasteiger partial charge in [-0.1, -0.05) is 29.1 Å². The molecule has 3 heterocycles. The number of nitrogens with one attached hydrogen (secondary N) is 1. The molecule has 0 radical (unpaired) electrons. The highest BCUT2D eigenvalue weighted by Gasteiger charge is 2.19. The highest BCUT2D eigenvalue weighted by atomic mass is 32.1. The minimum Gasteiger partial charge on any atom is -0.467 e. The van der Waals surface area contributed by atoms with Crippen molar-refractivity contribution in [3.05, 3.63) is 77.8 Å². The maximum atomic E-state index is 12.2. The normalized spacial score (nSPS) is 13.7. The zero-order chi connectivity index (χ0) is 25.2. The summed E-state index contributed by atoms with van der Waals surface area (Å²) in [5.74, 6) is 1.39. The number of thiazole rings is 1. The second kappa shape index (κ2) is 10.2. The number of carbonyl (C=O) groups excluding carboxylic acids is 1. The molecule has 0 amide bonds. The number of esters is 1. The molecule has 1 N–H and O–H groups in total. The summed E-state index contributed by atoms with van der Waals surface area (Å²) in [6.45, 7) is 1.40. The zero-order valence-electron chi connectivity index (χ0n) is 20.7. The predicted molar refractivity (Wildman–Crippen MR) is 147 cm³/mol. The Morgan fingerprint density at radius 3 is 2.89 bits per heavy atom. The monoisotopic (exact) mass is 512 g/mol. The number of carbonyl (C=O) groups is 1. The summed E-state index contributed by atoms with van der Waals surface area (Å²) >= 11 is 1.61. The highest BCUT2D eigenvalue weighted by Crippen LogP contribution is 2.37. The fourth-order valence-corrected chi connectivity index (χ4v) is 5.94. The number of methoxy groups -OCH3 is 1. The van der Waals surface area contributed by atoms with Crippen molar-refractivity contribution in [1.29, 1.82) is 0 Å². The van der Waals surface area contributed by atoms with Crippen LogP contribution in [-0.4, -0.2) is 27.6 Å².